The number of amides is 4. The lowest BCUT2D eigenvalue weighted by Gasteiger charge is -2.46. The largest absolute Gasteiger partial charge is 0.416 e. The fourth-order valence-electron chi connectivity index (χ4n) is 4.72. The molecular weight excluding hydrogens is 640 g/mol. The van der Waals surface area contributed by atoms with Crippen LogP contribution in [0.15, 0.2) is 60.7 Å². The zero-order chi connectivity index (χ0) is 33.7. The van der Waals surface area contributed by atoms with Gasteiger partial charge in [-0.1, -0.05) is 43.4 Å². The second kappa shape index (κ2) is 11.5. The van der Waals surface area contributed by atoms with Crippen LogP contribution < -0.4 is 5.43 Å². The van der Waals surface area contributed by atoms with Gasteiger partial charge in [0.1, 0.15) is 0 Å². The summed E-state index contributed by atoms with van der Waals surface area (Å²) in [4.78, 5) is 26.9. The summed E-state index contributed by atoms with van der Waals surface area (Å²) >= 11 is 0. The molecule has 1 aliphatic heterocycles. The van der Waals surface area contributed by atoms with Gasteiger partial charge in [0.25, 0.3) is 0 Å². The highest BCUT2D eigenvalue weighted by Crippen LogP contribution is 2.40. The van der Waals surface area contributed by atoms with Crippen molar-refractivity contribution in [2.45, 2.75) is 50.8 Å². The van der Waals surface area contributed by atoms with Crippen LogP contribution in [-0.4, -0.2) is 33.1 Å². The molecule has 2 atom stereocenters. The topological polar surface area (TPSA) is 55.9 Å². The number of hydrogen-bond acceptors (Lipinski definition) is 2. The lowest BCUT2D eigenvalue weighted by atomic mass is 9.97. The molecule has 0 bridgehead atoms. The van der Waals surface area contributed by atoms with Crippen molar-refractivity contribution in [1.82, 2.24) is 20.5 Å². The van der Waals surface area contributed by atoms with Crippen LogP contribution in [0.1, 0.15) is 40.3 Å². The lowest BCUT2D eigenvalue weighted by Crippen LogP contribution is -2.69. The van der Waals surface area contributed by atoms with E-state index in [0.717, 1.165) is 0 Å². The summed E-state index contributed by atoms with van der Waals surface area (Å²) in [7, 11) is 0. The Labute approximate surface area is 246 Å². The first-order chi connectivity index (χ1) is 20.6. The van der Waals surface area contributed by atoms with Crippen LogP contribution in [0.4, 0.5) is 62.3 Å². The number of halogens is 12. The van der Waals surface area contributed by atoms with E-state index in [1.165, 1.54) is 12.2 Å². The van der Waals surface area contributed by atoms with Gasteiger partial charge in [-0.15, -0.1) is 0 Å². The molecule has 244 valence electrons. The van der Waals surface area contributed by atoms with Gasteiger partial charge in [0.2, 0.25) is 0 Å². The molecule has 1 aliphatic carbocycles. The molecule has 2 aromatic rings. The number of carbonyl (C=O) groups excluding carboxylic acids is 2. The van der Waals surface area contributed by atoms with Crippen molar-refractivity contribution in [3.8, 4) is 0 Å². The fraction of sp³-hybridized carbons (Fsp3) is 0.333. The molecule has 1 heterocycles. The minimum Gasteiger partial charge on any atom is -0.245 e. The van der Waals surface area contributed by atoms with Crippen LogP contribution in [0.25, 0.3) is 0 Å². The van der Waals surface area contributed by atoms with Crippen molar-refractivity contribution in [2.75, 3.05) is 0 Å². The zero-order valence-corrected chi connectivity index (χ0v) is 22.5. The summed E-state index contributed by atoms with van der Waals surface area (Å²) in [5, 5.41) is 1.20. The van der Waals surface area contributed by atoms with E-state index in [1.807, 2.05) is 0 Å². The Morgan fingerprint density at radius 2 is 1.09 bits per heavy atom. The molecule has 45 heavy (non-hydrogen) atoms. The lowest BCUT2D eigenvalue weighted by molar-refractivity contribution is -0.145. The third-order valence-electron chi connectivity index (χ3n) is 6.97. The number of hydrazine groups is 2. The molecule has 0 unspecified atom stereocenters. The molecule has 1 fully saturated rings. The highest BCUT2D eigenvalue weighted by atomic mass is 19.4. The number of hydrogen-bond donors (Lipinski definition) is 1. The average Bonchev–Trinajstić information content (AvgIpc) is 2.90. The number of carbonyl (C=O) groups is 2. The minimum atomic E-state index is -5.41. The number of nitrogens with one attached hydrogen (secondary N) is 1. The maximum absolute atomic E-state index is 13.9. The number of benzene rings is 2. The number of allylic oxidation sites excluding steroid dienone is 2. The number of alkyl halides is 12. The first-order valence-electron chi connectivity index (χ1n) is 12.7. The van der Waals surface area contributed by atoms with Crippen molar-refractivity contribution < 1.29 is 62.3 Å². The van der Waals surface area contributed by atoms with Crippen molar-refractivity contribution in [3.63, 3.8) is 0 Å². The maximum Gasteiger partial charge on any atom is 0.416 e. The standard InChI is InChI=1S/C27H20F12N4O2/c1-14-4-2-3-5-21(14)43-23(45)42(13-16-7-9-18(25(31,32)33)11-20(16)27(37,38)39)41(22(44)40-43)12-15-6-8-17(24(28,29)30)10-19(15)26(34,35)36/h2-11,14,21H,12-13H2,1H3,(H,40,44)/t14-,21-/m1/s1. The normalized spacial score (nSPS) is 19.8. The van der Waals surface area contributed by atoms with E-state index < -0.39 is 95.2 Å². The third kappa shape index (κ3) is 7.14. The summed E-state index contributed by atoms with van der Waals surface area (Å²) < 4.78 is 162. The van der Waals surface area contributed by atoms with Crippen LogP contribution in [0.2, 0.25) is 0 Å². The van der Waals surface area contributed by atoms with Crippen molar-refractivity contribution >= 4 is 12.1 Å². The fourth-order valence-corrected chi connectivity index (χ4v) is 4.72. The van der Waals surface area contributed by atoms with Crippen LogP contribution in [-0.2, 0) is 37.8 Å². The molecule has 0 aromatic heterocycles. The number of urea groups is 2. The van der Waals surface area contributed by atoms with Gasteiger partial charge in [0.15, 0.2) is 0 Å². The highest BCUT2D eigenvalue weighted by Gasteiger charge is 2.45. The second-order valence-electron chi connectivity index (χ2n) is 10.0. The highest BCUT2D eigenvalue weighted by molar-refractivity contribution is 5.86. The summed E-state index contributed by atoms with van der Waals surface area (Å²) in [5.41, 5.74) is -6.86. The molecule has 2 aliphatic rings. The Bertz CT molecular complexity index is 1530. The van der Waals surface area contributed by atoms with Gasteiger partial charge in [-0.3, -0.25) is 0 Å². The molecule has 2 aromatic carbocycles. The minimum absolute atomic E-state index is 0.222. The third-order valence-corrected chi connectivity index (χ3v) is 6.97. The Kier molecular flexibility index (Phi) is 8.58. The van der Waals surface area contributed by atoms with E-state index in [1.54, 1.807) is 19.1 Å². The predicted molar refractivity (Wildman–Crippen MR) is 131 cm³/mol. The first-order valence-corrected chi connectivity index (χ1v) is 12.7. The smallest absolute Gasteiger partial charge is 0.245 e. The zero-order valence-electron chi connectivity index (χ0n) is 22.5. The molecule has 0 saturated carbocycles. The molecule has 1 saturated heterocycles. The van der Waals surface area contributed by atoms with E-state index >= 15 is 0 Å². The average molecular weight is 660 g/mol. The van der Waals surface area contributed by atoms with E-state index in [0.29, 0.717) is 17.1 Å². The van der Waals surface area contributed by atoms with E-state index in [9.17, 15) is 62.3 Å². The second-order valence-corrected chi connectivity index (χ2v) is 10.0. The molecule has 0 radical (unpaired) electrons. The van der Waals surface area contributed by atoms with Gasteiger partial charge in [-0.25, -0.2) is 30.0 Å². The van der Waals surface area contributed by atoms with Gasteiger partial charge in [-0.2, -0.15) is 52.7 Å². The molecule has 4 amide bonds. The van der Waals surface area contributed by atoms with Crippen molar-refractivity contribution in [1.29, 1.82) is 0 Å². The van der Waals surface area contributed by atoms with Gasteiger partial charge >= 0.3 is 36.8 Å². The molecular formula is C27H20F12N4O2. The molecule has 1 N–H and O–H groups in total. The van der Waals surface area contributed by atoms with Crippen LogP contribution in [0, 0.1) is 5.92 Å². The van der Waals surface area contributed by atoms with E-state index in [4.69, 9.17) is 0 Å². The predicted octanol–water partition coefficient (Wildman–Crippen LogP) is 8.17. The molecule has 4 rings (SSSR count). The number of nitrogens with zero attached hydrogens (tertiary/aromatic N) is 3. The van der Waals surface area contributed by atoms with Crippen molar-refractivity contribution in [3.05, 3.63) is 94.1 Å². The Balaban J connectivity index is 1.83. The molecule has 6 nitrogen and oxygen atoms in total. The van der Waals surface area contributed by atoms with Gasteiger partial charge in [0.05, 0.1) is 41.4 Å². The number of rotatable bonds is 5. The van der Waals surface area contributed by atoms with Crippen LogP contribution in [0.5, 0.6) is 0 Å². The van der Waals surface area contributed by atoms with Gasteiger partial charge < -0.3 is 0 Å². The Morgan fingerprint density at radius 3 is 1.51 bits per heavy atom. The summed E-state index contributed by atoms with van der Waals surface area (Å²) in [6.07, 6.45) is -15.1. The quantitative estimate of drug-likeness (QED) is 0.329. The van der Waals surface area contributed by atoms with E-state index in [2.05, 4.69) is 5.43 Å². The first kappa shape index (κ1) is 33.5. The van der Waals surface area contributed by atoms with Crippen LogP contribution >= 0.6 is 0 Å². The van der Waals surface area contributed by atoms with E-state index in [-0.39, 0.29) is 34.3 Å². The molecule has 0 spiro atoms. The Morgan fingerprint density at radius 1 is 0.644 bits per heavy atom. The van der Waals surface area contributed by atoms with Gasteiger partial charge in [-0.05, 0) is 35.4 Å². The summed E-state index contributed by atoms with van der Waals surface area (Å²) in [6, 6.07) is -2.70. The maximum atomic E-state index is 13.9. The van der Waals surface area contributed by atoms with Gasteiger partial charge in [0, 0.05) is 5.92 Å². The van der Waals surface area contributed by atoms with Crippen molar-refractivity contribution in [2.24, 2.45) is 5.92 Å². The Hall–Kier alpha value is -4.38. The van der Waals surface area contributed by atoms with Crippen LogP contribution in [0.3, 0.4) is 0 Å². The summed E-state index contributed by atoms with van der Waals surface area (Å²) in [6.45, 7) is -0.940. The SMILES string of the molecule is C[C@@H]1C=CC=C[C@H]1N1NC(=O)N(Cc2ccc(C(F)(F)F)cc2C(F)(F)F)N(Cc2ccc(C(F)(F)F)cc2C(F)(F)F)C1=O. The monoisotopic (exact) mass is 660 g/mol. The molecule has 18 heteroatoms. The summed E-state index contributed by atoms with van der Waals surface area (Å²) in [5.74, 6) is -0.504.